The Morgan fingerprint density at radius 1 is 1.04 bits per heavy atom. The number of rotatable bonds is 4. The van der Waals surface area contributed by atoms with Gasteiger partial charge in [-0.1, -0.05) is 35.9 Å². The van der Waals surface area contributed by atoms with Gasteiger partial charge in [0.1, 0.15) is 0 Å². The van der Waals surface area contributed by atoms with Crippen LogP contribution in [-0.4, -0.2) is 30.1 Å². The van der Waals surface area contributed by atoms with Crippen LogP contribution in [0.5, 0.6) is 11.9 Å². The van der Waals surface area contributed by atoms with Crippen LogP contribution in [0.25, 0.3) is 11.8 Å². The van der Waals surface area contributed by atoms with Gasteiger partial charge in [0.05, 0.1) is 31.2 Å². The van der Waals surface area contributed by atoms with Gasteiger partial charge in [-0.3, -0.25) is 9.69 Å². The van der Waals surface area contributed by atoms with Crippen molar-refractivity contribution in [3.8, 4) is 11.9 Å². The number of hydrogen-bond donors (Lipinski definition) is 0. The zero-order chi connectivity index (χ0) is 19.7. The van der Waals surface area contributed by atoms with E-state index in [2.05, 4.69) is 9.97 Å². The lowest BCUT2D eigenvalue weighted by Crippen LogP contribution is -2.22. The van der Waals surface area contributed by atoms with Gasteiger partial charge in [0.15, 0.2) is 0 Å². The van der Waals surface area contributed by atoms with Gasteiger partial charge >= 0.3 is 6.01 Å². The molecule has 0 aliphatic carbocycles. The van der Waals surface area contributed by atoms with E-state index in [1.54, 1.807) is 29.3 Å². The minimum Gasteiger partial charge on any atom is -0.480 e. The summed E-state index contributed by atoms with van der Waals surface area (Å²) in [6, 6.07) is 14.8. The van der Waals surface area contributed by atoms with Crippen molar-refractivity contribution in [1.82, 2.24) is 9.97 Å². The van der Waals surface area contributed by atoms with Crippen LogP contribution >= 0.6 is 11.6 Å². The number of methoxy groups -OCH3 is 2. The predicted octanol–water partition coefficient (Wildman–Crippen LogP) is 4.31. The minimum absolute atomic E-state index is 0.127. The SMILES string of the molecule is COc1ncc(/C=C2/c3ccccc3C(=O)N2c2cccc(Cl)c2)c(OC)n1. The van der Waals surface area contributed by atoms with Crippen LogP contribution in [0.4, 0.5) is 5.69 Å². The Morgan fingerprint density at radius 2 is 1.82 bits per heavy atom. The standard InChI is InChI=1S/C21H16ClN3O3/c1-27-19-13(12-23-21(24-19)28-2)10-18-16-8-3-4-9-17(16)20(26)25(18)15-7-5-6-14(22)11-15/h3-12H,1-2H3/b18-10-. The van der Waals surface area contributed by atoms with Crippen molar-refractivity contribution in [3.05, 3.63) is 76.4 Å². The van der Waals surface area contributed by atoms with Crippen molar-refractivity contribution in [3.63, 3.8) is 0 Å². The summed E-state index contributed by atoms with van der Waals surface area (Å²) in [5, 5.41) is 0.547. The zero-order valence-corrected chi connectivity index (χ0v) is 16.0. The molecule has 140 valence electrons. The Kier molecular flexibility index (Phi) is 4.71. The molecular weight excluding hydrogens is 378 g/mol. The summed E-state index contributed by atoms with van der Waals surface area (Å²) in [6.07, 6.45) is 3.42. The molecule has 3 aromatic rings. The second-order valence-corrected chi connectivity index (χ2v) is 6.45. The zero-order valence-electron chi connectivity index (χ0n) is 15.2. The molecular formula is C21H16ClN3O3. The summed E-state index contributed by atoms with van der Waals surface area (Å²) >= 11 is 6.16. The summed E-state index contributed by atoms with van der Waals surface area (Å²) in [4.78, 5) is 23.1. The van der Waals surface area contributed by atoms with Gasteiger partial charge in [0.2, 0.25) is 5.88 Å². The van der Waals surface area contributed by atoms with Crippen LogP contribution in [0.15, 0.2) is 54.7 Å². The van der Waals surface area contributed by atoms with Gasteiger partial charge in [-0.05, 0) is 30.3 Å². The number of fused-ring (bicyclic) bond motifs is 1. The molecule has 0 fully saturated rings. The van der Waals surface area contributed by atoms with Crippen LogP contribution in [-0.2, 0) is 0 Å². The molecule has 2 aromatic carbocycles. The third-order valence-electron chi connectivity index (χ3n) is 4.37. The van der Waals surface area contributed by atoms with Crippen molar-refractivity contribution in [2.75, 3.05) is 19.1 Å². The average molecular weight is 394 g/mol. The topological polar surface area (TPSA) is 64.5 Å². The summed E-state index contributed by atoms with van der Waals surface area (Å²) in [7, 11) is 3.01. The number of carbonyl (C=O) groups is 1. The van der Waals surface area contributed by atoms with Gasteiger partial charge in [-0.25, -0.2) is 4.98 Å². The van der Waals surface area contributed by atoms with Crippen molar-refractivity contribution >= 4 is 35.0 Å². The Labute approximate surface area is 167 Å². The van der Waals surface area contributed by atoms with Gasteiger partial charge in [0.25, 0.3) is 5.91 Å². The molecule has 1 aliphatic heterocycles. The number of amides is 1. The molecule has 0 unspecified atom stereocenters. The first-order valence-corrected chi connectivity index (χ1v) is 8.86. The molecule has 4 rings (SSSR count). The number of anilines is 1. The number of ether oxygens (including phenoxy) is 2. The molecule has 1 aliphatic rings. The highest BCUT2D eigenvalue weighted by Gasteiger charge is 2.33. The minimum atomic E-state index is -0.127. The fourth-order valence-corrected chi connectivity index (χ4v) is 3.31. The Hall–Kier alpha value is -3.38. The third kappa shape index (κ3) is 3.08. The normalized spacial score (nSPS) is 14.3. The van der Waals surface area contributed by atoms with Crippen molar-refractivity contribution < 1.29 is 14.3 Å². The van der Waals surface area contributed by atoms with Gasteiger partial charge in [-0.15, -0.1) is 0 Å². The van der Waals surface area contributed by atoms with E-state index in [1.807, 2.05) is 36.4 Å². The number of hydrogen-bond acceptors (Lipinski definition) is 5. The number of carbonyl (C=O) groups excluding carboxylic acids is 1. The molecule has 1 amide bonds. The number of halogens is 1. The molecule has 0 N–H and O–H groups in total. The van der Waals surface area contributed by atoms with E-state index in [1.165, 1.54) is 14.2 Å². The fourth-order valence-electron chi connectivity index (χ4n) is 3.13. The van der Waals surface area contributed by atoms with Crippen LogP contribution in [0.2, 0.25) is 5.02 Å². The molecule has 0 saturated heterocycles. The molecule has 0 spiro atoms. The summed E-state index contributed by atoms with van der Waals surface area (Å²) in [5.74, 6) is 0.222. The molecule has 2 heterocycles. The van der Waals surface area contributed by atoms with E-state index < -0.39 is 0 Å². The number of benzene rings is 2. The van der Waals surface area contributed by atoms with Crippen molar-refractivity contribution in [1.29, 1.82) is 0 Å². The molecule has 0 saturated carbocycles. The quantitative estimate of drug-likeness (QED) is 0.661. The molecule has 1 aromatic heterocycles. The first-order valence-electron chi connectivity index (χ1n) is 8.48. The predicted molar refractivity (Wildman–Crippen MR) is 108 cm³/mol. The Balaban J connectivity index is 1.91. The Bertz CT molecular complexity index is 1100. The Morgan fingerprint density at radius 3 is 2.54 bits per heavy atom. The monoisotopic (exact) mass is 393 g/mol. The van der Waals surface area contributed by atoms with Crippen LogP contribution in [0, 0.1) is 0 Å². The highest BCUT2D eigenvalue weighted by Crippen LogP contribution is 2.39. The highest BCUT2D eigenvalue weighted by atomic mass is 35.5. The second kappa shape index (κ2) is 7.32. The van der Waals surface area contributed by atoms with Crippen molar-refractivity contribution in [2.45, 2.75) is 0 Å². The first kappa shape index (κ1) is 18.0. The largest absolute Gasteiger partial charge is 0.480 e. The van der Waals surface area contributed by atoms with E-state index in [0.717, 1.165) is 5.56 Å². The summed E-state index contributed by atoms with van der Waals surface area (Å²) in [5.41, 5.74) is 3.41. The molecule has 0 atom stereocenters. The summed E-state index contributed by atoms with van der Waals surface area (Å²) < 4.78 is 10.4. The summed E-state index contributed by atoms with van der Waals surface area (Å²) in [6.45, 7) is 0. The van der Waals surface area contributed by atoms with Gasteiger partial charge in [0, 0.05) is 22.3 Å². The fraction of sp³-hybridized carbons (Fsp3) is 0.0952. The highest BCUT2D eigenvalue weighted by molar-refractivity contribution is 6.31. The maximum absolute atomic E-state index is 13.1. The molecule has 28 heavy (non-hydrogen) atoms. The molecule has 7 heteroatoms. The van der Waals surface area contributed by atoms with E-state index in [9.17, 15) is 4.79 Å². The average Bonchev–Trinajstić information content (AvgIpc) is 3.00. The maximum atomic E-state index is 13.1. The lowest BCUT2D eigenvalue weighted by Gasteiger charge is -2.19. The van der Waals surface area contributed by atoms with E-state index in [4.69, 9.17) is 21.1 Å². The lowest BCUT2D eigenvalue weighted by molar-refractivity contribution is 0.101. The van der Waals surface area contributed by atoms with E-state index >= 15 is 0 Å². The lowest BCUT2D eigenvalue weighted by atomic mass is 10.1. The second-order valence-electron chi connectivity index (χ2n) is 6.02. The maximum Gasteiger partial charge on any atom is 0.319 e. The van der Waals surface area contributed by atoms with E-state index in [0.29, 0.717) is 33.4 Å². The molecule has 0 radical (unpaired) electrons. The number of nitrogens with zero attached hydrogens (tertiary/aromatic N) is 3. The van der Waals surface area contributed by atoms with Crippen LogP contribution < -0.4 is 14.4 Å². The van der Waals surface area contributed by atoms with Crippen LogP contribution in [0.3, 0.4) is 0 Å². The van der Waals surface area contributed by atoms with Crippen molar-refractivity contribution in [2.24, 2.45) is 0 Å². The number of aromatic nitrogens is 2. The molecule has 0 bridgehead atoms. The van der Waals surface area contributed by atoms with Crippen LogP contribution in [0.1, 0.15) is 21.5 Å². The smallest absolute Gasteiger partial charge is 0.319 e. The van der Waals surface area contributed by atoms with E-state index in [-0.39, 0.29) is 11.9 Å². The molecule has 6 nitrogen and oxygen atoms in total. The third-order valence-corrected chi connectivity index (χ3v) is 4.61. The van der Waals surface area contributed by atoms with Gasteiger partial charge in [-0.2, -0.15) is 4.98 Å². The van der Waals surface area contributed by atoms with Gasteiger partial charge < -0.3 is 9.47 Å². The first-order chi connectivity index (χ1) is 13.6.